The second-order valence-electron chi connectivity index (χ2n) is 6.26. The van der Waals surface area contributed by atoms with Gasteiger partial charge in [-0.1, -0.05) is 51.9 Å². The second-order valence-corrected chi connectivity index (χ2v) is 8.08. The summed E-state index contributed by atoms with van der Waals surface area (Å²) in [6.45, 7) is 2.41. The summed E-state index contributed by atoms with van der Waals surface area (Å²) in [7, 11) is -3.37. The summed E-state index contributed by atoms with van der Waals surface area (Å²) in [6, 6.07) is 5.33. The number of unbranched alkanes of at least 4 members (excludes halogenated alkanes) is 7. The normalized spacial score (nSPS) is 13.5. The van der Waals surface area contributed by atoms with Crippen molar-refractivity contribution in [2.24, 2.45) is 5.10 Å². The third kappa shape index (κ3) is 7.34. The molecule has 0 atom stereocenters. The Labute approximate surface area is 150 Å². The van der Waals surface area contributed by atoms with Gasteiger partial charge in [0.2, 0.25) is 16.8 Å². The number of ether oxygens (including phenoxy) is 2. The highest BCUT2D eigenvalue weighted by atomic mass is 32.2. The molecule has 1 aromatic rings. The zero-order valence-electron chi connectivity index (χ0n) is 14.9. The Morgan fingerprint density at radius 1 is 1.04 bits per heavy atom. The topological polar surface area (TPSA) is 77.0 Å². The molecule has 1 aliphatic rings. The van der Waals surface area contributed by atoms with Gasteiger partial charge in [-0.05, 0) is 30.2 Å². The van der Waals surface area contributed by atoms with Crippen molar-refractivity contribution in [3.05, 3.63) is 23.8 Å². The summed E-state index contributed by atoms with van der Waals surface area (Å²) in [5, 5.41) is 3.83. The van der Waals surface area contributed by atoms with Crippen molar-refractivity contribution in [1.29, 1.82) is 0 Å². The first-order chi connectivity index (χ1) is 12.1. The van der Waals surface area contributed by atoms with E-state index in [-0.39, 0.29) is 12.5 Å². The molecular weight excluding hydrogens is 340 g/mol. The van der Waals surface area contributed by atoms with Gasteiger partial charge in [0.25, 0.3) is 0 Å². The van der Waals surface area contributed by atoms with Gasteiger partial charge in [-0.3, -0.25) is 0 Å². The fourth-order valence-corrected chi connectivity index (χ4v) is 3.53. The number of nitrogens with one attached hydrogen (secondary N) is 1. The molecule has 0 amide bonds. The van der Waals surface area contributed by atoms with Crippen LogP contribution in [0.4, 0.5) is 0 Å². The van der Waals surface area contributed by atoms with E-state index >= 15 is 0 Å². The Bertz CT molecular complexity index is 659. The molecule has 25 heavy (non-hydrogen) atoms. The van der Waals surface area contributed by atoms with Gasteiger partial charge in [0.15, 0.2) is 11.5 Å². The molecule has 0 unspecified atom stereocenters. The van der Waals surface area contributed by atoms with Crippen molar-refractivity contribution in [3.63, 3.8) is 0 Å². The number of sulfonamides is 1. The van der Waals surface area contributed by atoms with E-state index in [9.17, 15) is 8.42 Å². The van der Waals surface area contributed by atoms with E-state index in [0.717, 1.165) is 18.4 Å². The van der Waals surface area contributed by atoms with Crippen LogP contribution in [0.5, 0.6) is 11.5 Å². The van der Waals surface area contributed by atoms with Crippen molar-refractivity contribution < 1.29 is 17.9 Å². The number of hydrogen-bond acceptors (Lipinski definition) is 5. The molecule has 1 heterocycles. The minimum Gasteiger partial charge on any atom is -0.454 e. The van der Waals surface area contributed by atoms with Crippen LogP contribution in [0.3, 0.4) is 0 Å². The number of hydrogen-bond donors (Lipinski definition) is 1. The fourth-order valence-electron chi connectivity index (χ4n) is 2.65. The van der Waals surface area contributed by atoms with Gasteiger partial charge in [-0.2, -0.15) is 5.10 Å². The number of hydrazone groups is 1. The van der Waals surface area contributed by atoms with Crippen molar-refractivity contribution in [1.82, 2.24) is 4.83 Å². The Balaban J connectivity index is 1.64. The minimum absolute atomic E-state index is 0.112. The molecule has 6 nitrogen and oxygen atoms in total. The second kappa shape index (κ2) is 10.3. The smallest absolute Gasteiger partial charge is 0.247 e. The van der Waals surface area contributed by atoms with E-state index in [0.29, 0.717) is 17.9 Å². The minimum atomic E-state index is -3.37. The van der Waals surface area contributed by atoms with Crippen LogP contribution in [0.25, 0.3) is 0 Å². The predicted molar refractivity (Wildman–Crippen MR) is 99.7 cm³/mol. The number of benzene rings is 1. The van der Waals surface area contributed by atoms with Gasteiger partial charge in [-0.15, -0.1) is 0 Å². The van der Waals surface area contributed by atoms with Crippen molar-refractivity contribution >= 4 is 16.2 Å². The van der Waals surface area contributed by atoms with E-state index < -0.39 is 10.0 Å². The molecule has 7 heteroatoms. The Kier molecular flexibility index (Phi) is 8.04. The lowest BCUT2D eigenvalue weighted by atomic mass is 10.1. The maximum absolute atomic E-state index is 11.9. The van der Waals surface area contributed by atoms with Crippen molar-refractivity contribution in [3.8, 4) is 11.5 Å². The van der Waals surface area contributed by atoms with Crippen LogP contribution >= 0.6 is 0 Å². The monoisotopic (exact) mass is 368 g/mol. The number of nitrogens with zero attached hydrogens (tertiary/aromatic N) is 1. The molecule has 0 fully saturated rings. The van der Waals surface area contributed by atoms with Gasteiger partial charge in [-0.25, -0.2) is 13.2 Å². The molecule has 1 aliphatic heterocycles. The third-order valence-electron chi connectivity index (χ3n) is 4.07. The van der Waals surface area contributed by atoms with E-state index in [1.54, 1.807) is 18.2 Å². The summed E-state index contributed by atoms with van der Waals surface area (Å²) >= 11 is 0. The summed E-state index contributed by atoms with van der Waals surface area (Å²) in [5.41, 5.74) is 0.749. The molecule has 1 N–H and O–H groups in total. The molecular formula is C18H28N2O4S. The van der Waals surface area contributed by atoms with Crippen LogP contribution in [-0.4, -0.2) is 27.2 Å². The van der Waals surface area contributed by atoms with E-state index in [4.69, 9.17) is 9.47 Å². The first-order valence-corrected chi connectivity index (χ1v) is 10.7. The maximum atomic E-state index is 11.9. The largest absolute Gasteiger partial charge is 0.454 e. The summed E-state index contributed by atoms with van der Waals surface area (Å²) in [5.74, 6) is 1.44. The van der Waals surface area contributed by atoms with Crippen LogP contribution in [0.2, 0.25) is 0 Å². The van der Waals surface area contributed by atoms with Gasteiger partial charge in [0.05, 0.1) is 12.0 Å². The van der Waals surface area contributed by atoms with Crippen molar-refractivity contribution in [2.75, 3.05) is 12.5 Å². The van der Waals surface area contributed by atoms with Crippen LogP contribution < -0.4 is 14.3 Å². The zero-order chi connectivity index (χ0) is 18.0. The fraction of sp³-hybridized carbons (Fsp3) is 0.611. The Hall–Kier alpha value is -1.76. The Morgan fingerprint density at radius 2 is 1.72 bits per heavy atom. The highest BCUT2D eigenvalue weighted by molar-refractivity contribution is 7.89. The lowest BCUT2D eigenvalue weighted by Gasteiger charge is -2.04. The third-order valence-corrected chi connectivity index (χ3v) is 5.28. The van der Waals surface area contributed by atoms with Gasteiger partial charge in [0.1, 0.15) is 0 Å². The molecule has 0 radical (unpaired) electrons. The maximum Gasteiger partial charge on any atom is 0.247 e. The van der Waals surface area contributed by atoms with Crippen molar-refractivity contribution in [2.45, 2.75) is 58.3 Å². The van der Waals surface area contributed by atoms with E-state index in [1.807, 2.05) is 0 Å². The van der Waals surface area contributed by atoms with Gasteiger partial charge in [0, 0.05) is 0 Å². The summed E-state index contributed by atoms with van der Waals surface area (Å²) < 4.78 is 34.3. The van der Waals surface area contributed by atoms with Crippen LogP contribution in [-0.2, 0) is 10.0 Å². The summed E-state index contributed by atoms with van der Waals surface area (Å²) in [4.78, 5) is 2.26. The molecule has 0 aliphatic carbocycles. The first-order valence-electron chi connectivity index (χ1n) is 9.03. The lowest BCUT2D eigenvalue weighted by molar-refractivity contribution is 0.174. The molecule has 0 aromatic heterocycles. The van der Waals surface area contributed by atoms with E-state index in [1.165, 1.54) is 38.3 Å². The van der Waals surface area contributed by atoms with Gasteiger partial charge < -0.3 is 9.47 Å². The first kappa shape index (κ1) is 19.6. The molecule has 0 saturated carbocycles. The van der Waals surface area contributed by atoms with Crippen LogP contribution in [0, 0.1) is 0 Å². The highest BCUT2D eigenvalue weighted by Gasteiger charge is 2.12. The average molecular weight is 368 g/mol. The van der Waals surface area contributed by atoms with Gasteiger partial charge >= 0.3 is 0 Å². The number of fused-ring (bicyclic) bond motifs is 1. The SMILES string of the molecule is CCCCCCCCCCS(=O)(=O)N/N=C\c1ccc2c(c1)OCO2. The van der Waals surface area contributed by atoms with Crippen LogP contribution in [0.1, 0.15) is 63.9 Å². The molecule has 0 saturated heterocycles. The summed E-state index contributed by atoms with van der Waals surface area (Å²) in [6.07, 6.45) is 10.4. The predicted octanol–water partition coefficient (Wildman–Crippen LogP) is 3.81. The molecule has 1 aromatic carbocycles. The zero-order valence-corrected chi connectivity index (χ0v) is 15.7. The Morgan fingerprint density at radius 3 is 2.48 bits per heavy atom. The standard InChI is InChI=1S/C18H28N2O4S/c1-2-3-4-5-6-7-8-9-12-25(21,22)20-19-14-16-10-11-17-18(13-16)24-15-23-17/h10-11,13-14,20H,2-9,12,15H2,1H3/b19-14-. The molecule has 140 valence electrons. The van der Waals surface area contributed by atoms with E-state index in [2.05, 4.69) is 16.9 Å². The lowest BCUT2D eigenvalue weighted by Crippen LogP contribution is -2.21. The highest BCUT2D eigenvalue weighted by Crippen LogP contribution is 2.31. The molecule has 0 bridgehead atoms. The molecule has 2 rings (SSSR count). The quantitative estimate of drug-likeness (QED) is 0.346. The molecule has 0 spiro atoms. The van der Waals surface area contributed by atoms with Crippen LogP contribution in [0.15, 0.2) is 23.3 Å². The number of rotatable bonds is 12. The average Bonchev–Trinajstić information content (AvgIpc) is 3.05.